The van der Waals surface area contributed by atoms with Crippen molar-refractivity contribution >= 4 is 50.6 Å². The van der Waals surface area contributed by atoms with Crippen LogP contribution < -0.4 is 9.84 Å². The summed E-state index contributed by atoms with van der Waals surface area (Å²) in [6.45, 7) is 1.59. The minimum Gasteiger partial charge on any atom is -0.546 e. The molecule has 0 aliphatic heterocycles. The maximum absolute atomic E-state index is 10.4. The van der Waals surface area contributed by atoms with Gasteiger partial charge in [-0.05, 0) is 30.4 Å². The van der Waals surface area contributed by atoms with E-state index >= 15 is 0 Å². The Labute approximate surface area is 131 Å². The lowest BCUT2D eigenvalue weighted by Gasteiger charge is -2.10. The molecule has 1 aromatic heterocycles. The summed E-state index contributed by atoms with van der Waals surface area (Å²) in [5.41, 5.74) is 0. The highest BCUT2D eigenvalue weighted by atomic mass is 35.5. The van der Waals surface area contributed by atoms with Crippen LogP contribution in [0.4, 0.5) is 0 Å². The van der Waals surface area contributed by atoms with Gasteiger partial charge in [0, 0.05) is 4.88 Å². The monoisotopic (exact) mass is 331 g/mol. The van der Waals surface area contributed by atoms with Crippen LogP contribution in [0, 0.1) is 0 Å². The molecule has 0 N–H and O–H groups in total. The third-order valence-corrected chi connectivity index (χ3v) is 5.02. The van der Waals surface area contributed by atoms with Gasteiger partial charge in [0.25, 0.3) is 0 Å². The van der Waals surface area contributed by atoms with Crippen LogP contribution >= 0.6 is 34.5 Å². The Hall–Kier alpha value is -0.970. The molecule has 0 atom stereocenters. The summed E-state index contributed by atoms with van der Waals surface area (Å²) in [7, 11) is 0. The smallest absolute Gasteiger partial charge is 0.140 e. The number of hydrogen-bond donors (Lipinski definition) is 0. The number of aryl methyl sites for hydroxylation is 1. The first-order chi connectivity index (χ1) is 9.52. The van der Waals surface area contributed by atoms with Crippen molar-refractivity contribution in [3.8, 4) is 5.75 Å². The Balaban J connectivity index is 2.36. The number of aliphatic carboxylic acids is 1. The second-order valence-corrected chi connectivity index (χ2v) is 6.29. The van der Waals surface area contributed by atoms with Crippen LogP contribution in [0.2, 0.25) is 10.0 Å². The van der Waals surface area contributed by atoms with E-state index in [9.17, 15) is 9.90 Å². The van der Waals surface area contributed by atoms with Crippen LogP contribution in [0.25, 0.3) is 10.1 Å². The zero-order valence-corrected chi connectivity index (χ0v) is 13.2. The first-order valence-corrected chi connectivity index (χ1v) is 7.83. The first kappa shape index (κ1) is 15.4. The molecule has 0 saturated carbocycles. The molecule has 1 aromatic carbocycles. The van der Waals surface area contributed by atoms with E-state index in [1.807, 2.05) is 6.07 Å². The van der Waals surface area contributed by atoms with Gasteiger partial charge in [-0.3, -0.25) is 0 Å². The Morgan fingerprint density at radius 2 is 2.10 bits per heavy atom. The number of carbonyl (C=O) groups is 1. The number of carboxylic acids is 1. The molecule has 2 aromatic rings. The summed E-state index contributed by atoms with van der Waals surface area (Å²) < 4.78 is 6.01. The Morgan fingerprint density at radius 1 is 1.35 bits per heavy atom. The molecule has 2 rings (SSSR count). The van der Waals surface area contributed by atoms with Gasteiger partial charge >= 0.3 is 0 Å². The van der Waals surface area contributed by atoms with Crippen molar-refractivity contribution in [2.45, 2.75) is 26.2 Å². The fourth-order valence-electron chi connectivity index (χ4n) is 1.87. The average Bonchev–Trinajstić information content (AvgIpc) is 2.82. The standard InChI is InChI=1S/C14H14Cl2O3S/c1-2-3-4-9-5-8-6-10(19-7-11(17)18)12(15)13(16)14(8)20-9/h5-6H,2-4,7H2,1H3,(H,17,18)/p-1. The summed E-state index contributed by atoms with van der Waals surface area (Å²) in [6.07, 6.45) is 3.24. The molecule has 0 aliphatic rings. The van der Waals surface area contributed by atoms with Crippen molar-refractivity contribution in [1.29, 1.82) is 0 Å². The number of fused-ring (bicyclic) bond motifs is 1. The molecule has 0 aliphatic carbocycles. The minimum absolute atomic E-state index is 0.240. The fraction of sp³-hybridized carbons (Fsp3) is 0.357. The maximum atomic E-state index is 10.4. The zero-order chi connectivity index (χ0) is 14.7. The number of carboxylic acid groups (broad SMARTS) is 1. The largest absolute Gasteiger partial charge is 0.546 e. The highest BCUT2D eigenvalue weighted by molar-refractivity contribution is 7.19. The molecule has 3 nitrogen and oxygen atoms in total. The van der Waals surface area contributed by atoms with Gasteiger partial charge in [-0.25, -0.2) is 0 Å². The number of carbonyl (C=O) groups excluding carboxylic acids is 1. The third-order valence-electron chi connectivity index (χ3n) is 2.83. The molecule has 0 amide bonds. The van der Waals surface area contributed by atoms with E-state index < -0.39 is 12.6 Å². The zero-order valence-electron chi connectivity index (χ0n) is 10.9. The lowest BCUT2D eigenvalue weighted by molar-refractivity contribution is -0.307. The molecule has 0 saturated heterocycles. The minimum atomic E-state index is -1.30. The van der Waals surface area contributed by atoms with Crippen LogP contribution in [-0.4, -0.2) is 12.6 Å². The van der Waals surface area contributed by atoms with E-state index in [1.165, 1.54) is 4.88 Å². The molecular formula is C14H13Cl2O3S-. The summed E-state index contributed by atoms with van der Waals surface area (Å²) in [5, 5.41) is 12.0. The number of thiophene rings is 1. The Bertz CT molecular complexity index is 637. The lowest BCUT2D eigenvalue weighted by Crippen LogP contribution is -2.29. The molecule has 0 unspecified atom stereocenters. The van der Waals surface area contributed by atoms with E-state index in [-0.39, 0.29) is 10.8 Å². The van der Waals surface area contributed by atoms with Gasteiger partial charge in [-0.2, -0.15) is 0 Å². The second-order valence-electron chi connectivity index (χ2n) is 4.40. The van der Waals surface area contributed by atoms with Crippen LogP contribution in [0.3, 0.4) is 0 Å². The van der Waals surface area contributed by atoms with Gasteiger partial charge in [0.15, 0.2) is 0 Å². The molecular weight excluding hydrogens is 319 g/mol. The number of hydrogen-bond acceptors (Lipinski definition) is 4. The summed E-state index contributed by atoms with van der Waals surface area (Å²) in [6, 6.07) is 3.77. The molecule has 108 valence electrons. The van der Waals surface area contributed by atoms with Gasteiger partial charge < -0.3 is 14.6 Å². The number of rotatable bonds is 6. The molecule has 0 spiro atoms. The predicted octanol–water partition coefficient (Wildman–Crippen LogP) is 3.68. The molecule has 0 bridgehead atoms. The average molecular weight is 332 g/mol. The lowest BCUT2D eigenvalue weighted by atomic mass is 10.2. The normalized spacial score (nSPS) is 10.9. The van der Waals surface area contributed by atoms with Crippen LogP contribution in [0.5, 0.6) is 5.75 Å². The summed E-state index contributed by atoms with van der Waals surface area (Å²) in [5.74, 6) is -1.03. The van der Waals surface area contributed by atoms with Gasteiger partial charge in [0.1, 0.15) is 17.4 Å². The predicted molar refractivity (Wildman–Crippen MR) is 81.0 cm³/mol. The van der Waals surface area contributed by atoms with Crippen LogP contribution in [0.15, 0.2) is 12.1 Å². The number of benzene rings is 1. The SMILES string of the molecule is CCCCc1cc2cc(OCC(=O)[O-])c(Cl)c(Cl)c2s1. The Morgan fingerprint density at radius 3 is 2.75 bits per heavy atom. The van der Waals surface area contributed by atoms with Crippen LogP contribution in [-0.2, 0) is 11.2 Å². The van der Waals surface area contributed by atoms with Gasteiger partial charge in [0.2, 0.25) is 0 Å². The van der Waals surface area contributed by atoms with Crippen molar-refractivity contribution in [2.75, 3.05) is 6.61 Å². The van der Waals surface area contributed by atoms with Gasteiger partial charge in [-0.15, -0.1) is 11.3 Å². The quantitative estimate of drug-likeness (QED) is 0.811. The maximum Gasteiger partial charge on any atom is 0.140 e. The van der Waals surface area contributed by atoms with Crippen molar-refractivity contribution in [1.82, 2.24) is 0 Å². The van der Waals surface area contributed by atoms with E-state index in [4.69, 9.17) is 27.9 Å². The number of ether oxygens (including phenoxy) is 1. The van der Waals surface area contributed by atoms with E-state index in [1.54, 1.807) is 17.4 Å². The highest BCUT2D eigenvalue weighted by Gasteiger charge is 2.14. The molecule has 1 heterocycles. The van der Waals surface area contributed by atoms with Crippen molar-refractivity contribution in [3.05, 3.63) is 27.1 Å². The van der Waals surface area contributed by atoms with Gasteiger partial charge in [-0.1, -0.05) is 36.5 Å². The molecule has 20 heavy (non-hydrogen) atoms. The summed E-state index contributed by atoms with van der Waals surface area (Å²) >= 11 is 13.9. The van der Waals surface area contributed by atoms with E-state index in [2.05, 4.69) is 6.92 Å². The Kier molecular flexibility index (Phi) is 5.13. The van der Waals surface area contributed by atoms with E-state index in [0.717, 1.165) is 29.3 Å². The van der Waals surface area contributed by atoms with Gasteiger partial charge in [0.05, 0.1) is 15.7 Å². The second kappa shape index (κ2) is 6.66. The molecule has 6 heteroatoms. The van der Waals surface area contributed by atoms with Crippen molar-refractivity contribution < 1.29 is 14.6 Å². The topological polar surface area (TPSA) is 49.4 Å². The molecule has 0 fully saturated rings. The van der Waals surface area contributed by atoms with Crippen molar-refractivity contribution in [3.63, 3.8) is 0 Å². The van der Waals surface area contributed by atoms with E-state index in [0.29, 0.717) is 5.02 Å². The first-order valence-electron chi connectivity index (χ1n) is 6.26. The van der Waals surface area contributed by atoms with Crippen molar-refractivity contribution in [2.24, 2.45) is 0 Å². The number of halogens is 2. The highest BCUT2D eigenvalue weighted by Crippen LogP contribution is 2.42. The fourth-order valence-corrected chi connectivity index (χ4v) is 3.57. The number of unbranched alkanes of at least 4 members (excludes halogenated alkanes) is 1. The summed E-state index contributed by atoms with van der Waals surface area (Å²) in [4.78, 5) is 11.7. The third kappa shape index (κ3) is 3.37. The van der Waals surface area contributed by atoms with Crippen LogP contribution in [0.1, 0.15) is 24.6 Å². The molecule has 0 radical (unpaired) electrons.